The Balaban J connectivity index is 1.87. The number of nitrogens with zero attached hydrogens (tertiary/aromatic N) is 1. The number of hydrogen-bond acceptors (Lipinski definition) is 5. The first-order valence-electron chi connectivity index (χ1n) is 9.11. The molecule has 0 spiro atoms. The lowest BCUT2D eigenvalue weighted by molar-refractivity contribution is 0.0909. The summed E-state index contributed by atoms with van der Waals surface area (Å²) in [5, 5.41) is 3.71. The van der Waals surface area contributed by atoms with E-state index in [2.05, 4.69) is 5.32 Å². The highest BCUT2D eigenvalue weighted by molar-refractivity contribution is 7.92. The van der Waals surface area contributed by atoms with Crippen LogP contribution in [-0.4, -0.2) is 41.1 Å². The molecule has 0 unspecified atom stereocenters. The molecule has 29 heavy (non-hydrogen) atoms. The van der Waals surface area contributed by atoms with Crippen LogP contribution in [0.3, 0.4) is 0 Å². The van der Waals surface area contributed by atoms with Gasteiger partial charge in [-0.05, 0) is 55.6 Å². The summed E-state index contributed by atoms with van der Waals surface area (Å²) in [6.07, 6.45) is 0. The smallest absolute Gasteiger partial charge is 0.264 e. The van der Waals surface area contributed by atoms with E-state index in [0.717, 1.165) is 15.6 Å². The summed E-state index contributed by atoms with van der Waals surface area (Å²) in [5.41, 5.74) is 1.53. The Hall–Kier alpha value is -2.42. The van der Waals surface area contributed by atoms with Crippen LogP contribution in [0.15, 0.2) is 53.4 Å². The van der Waals surface area contributed by atoms with Crippen LogP contribution < -0.4 is 9.62 Å². The molecule has 0 saturated heterocycles. The summed E-state index contributed by atoms with van der Waals surface area (Å²) in [4.78, 5) is 13.2. The first-order chi connectivity index (χ1) is 13.7. The van der Waals surface area contributed by atoms with Gasteiger partial charge in [0.25, 0.3) is 15.9 Å². The largest absolute Gasteiger partial charge is 0.383 e. The molecule has 0 saturated carbocycles. The molecule has 0 aliphatic rings. The van der Waals surface area contributed by atoms with E-state index in [9.17, 15) is 13.2 Å². The number of ether oxygens (including phenoxy) is 1. The molecule has 154 valence electrons. The van der Waals surface area contributed by atoms with E-state index in [1.165, 1.54) is 22.7 Å². The number of carbonyl (C=O) groups is 1. The highest BCUT2D eigenvalue weighted by Gasteiger charge is 2.22. The number of benzene rings is 2. The maximum Gasteiger partial charge on any atom is 0.264 e. The van der Waals surface area contributed by atoms with Crippen LogP contribution in [0.1, 0.15) is 22.2 Å². The molecule has 1 N–H and O–H groups in total. The third-order valence-electron chi connectivity index (χ3n) is 4.56. The Bertz CT molecular complexity index is 1120. The van der Waals surface area contributed by atoms with Gasteiger partial charge in [0.2, 0.25) is 0 Å². The van der Waals surface area contributed by atoms with Gasteiger partial charge < -0.3 is 10.1 Å². The third kappa shape index (κ3) is 4.60. The van der Waals surface area contributed by atoms with Gasteiger partial charge in [-0.1, -0.05) is 17.7 Å². The maximum absolute atomic E-state index is 12.9. The predicted octanol–water partition coefficient (Wildman–Crippen LogP) is 3.80. The first-order valence-corrected chi connectivity index (χ1v) is 11.4. The number of carbonyl (C=O) groups excluding carboxylic acids is 1. The van der Waals surface area contributed by atoms with Crippen LogP contribution in [0, 0.1) is 6.92 Å². The zero-order valence-electron chi connectivity index (χ0n) is 16.8. The van der Waals surface area contributed by atoms with Gasteiger partial charge in [-0.2, -0.15) is 0 Å². The zero-order chi connectivity index (χ0) is 21.2. The molecule has 3 aromatic rings. The van der Waals surface area contributed by atoms with Crippen molar-refractivity contribution in [1.82, 2.24) is 5.32 Å². The van der Waals surface area contributed by atoms with E-state index in [4.69, 9.17) is 4.74 Å². The molecule has 0 bridgehead atoms. The zero-order valence-corrected chi connectivity index (χ0v) is 18.4. The van der Waals surface area contributed by atoms with Crippen LogP contribution >= 0.6 is 11.3 Å². The molecule has 1 atom stereocenters. The Kier molecular flexibility index (Phi) is 6.26. The monoisotopic (exact) mass is 432 g/mol. The first kappa shape index (κ1) is 21.3. The van der Waals surface area contributed by atoms with E-state index >= 15 is 0 Å². The van der Waals surface area contributed by atoms with E-state index in [-0.39, 0.29) is 16.8 Å². The normalized spacial score (nSPS) is 12.7. The number of amides is 1. The highest BCUT2D eigenvalue weighted by Crippen LogP contribution is 2.31. The van der Waals surface area contributed by atoms with Gasteiger partial charge in [0.1, 0.15) is 0 Å². The predicted molar refractivity (Wildman–Crippen MR) is 117 cm³/mol. The molecular formula is C21H24N2O4S2. The van der Waals surface area contributed by atoms with Gasteiger partial charge in [-0.25, -0.2) is 8.42 Å². The second-order valence-corrected chi connectivity index (χ2v) is 10.0. The van der Waals surface area contributed by atoms with Crippen molar-refractivity contribution in [1.29, 1.82) is 0 Å². The average Bonchev–Trinajstić information content (AvgIpc) is 3.11. The van der Waals surface area contributed by atoms with Crippen LogP contribution in [-0.2, 0) is 14.8 Å². The molecule has 8 heteroatoms. The molecule has 1 heterocycles. The van der Waals surface area contributed by atoms with Crippen molar-refractivity contribution in [3.63, 3.8) is 0 Å². The Morgan fingerprint density at radius 3 is 2.52 bits per heavy atom. The van der Waals surface area contributed by atoms with E-state index in [1.807, 2.05) is 19.9 Å². The lowest BCUT2D eigenvalue weighted by Crippen LogP contribution is -2.35. The molecule has 6 nitrogen and oxygen atoms in total. The van der Waals surface area contributed by atoms with Gasteiger partial charge in [-0.3, -0.25) is 9.10 Å². The fourth-order valence-corrected chi connectivity index (χ4v) is 5.07. The summed E-state index contributed by atoms with van der Waals surface area (Å²) in [5.74, 6) is -0.169. The highest BCUT2D eigenvalue weighted by atomic mass is 32.2. The summed E-state index contributed by atoms with van der Waals surface area (Å²) in [6, 6.07) is 13.8. The summed E-state index contributed by atoms with van der Waals surface area (Å²) in [7, 11) is -0.547. The average molecular weight is 433 g/mol. The fraction of sp³-hybridized carbons (Fsp3) is 0.286. The lowest BCUT2D eigenvalue weighted by atomic mass is 10.2. The molecule has 1 amide bonds. The minimum Gasteiger partial charge on any atom is -0.383 e. The van der Waals surface area contributed by atoms with Crippen molar-refractivity contribution in [2.24, 2.45) is 0 Å². The molecule has 0 radical (unpaired) electrons. The van der Waals surface area contributed by atoms with Crippen molar-refractivity contribution in [2.45, 2.75) is 24.8 Å². The molecular weight excluding hydrogens is 408 g/mol. The Morgan fingerprint density at radius 2 is 1.86 bits per heavy atom. The topological polar surface area (TPSA) is 75.7 Å². The SMILES string of the molecule is COC[C@@H](C)NC(=O)c1cc2cc(N(C)S(=O)(=O)c3ccc(C)cc3)ccc2s1. The summed E-state index contributed by atoms with van der Waals surface area (Å²) >= 11 is 1.37. The maximum atomic E-state index is 12.9. The number of hydrogen-bond donors (Lipinski definition) is 1. The number of thiophene rings is 1. The van der Waals surface area contributed by atoms with Crippen molar-refractivity contribution in [2.75, 3.05) is 25.1 Å². The molecule has 0 aliphatic heterocycles. The summed E-state index contributed by atoms with van der Waals surface area (Å²) in [6.45, 7) is 4.22. The minimum atomic E-state index is -3.67. The van der Waals surface area contributed by atoms with Gasteiger partial charge >= 0.3 is 0 Å². The number of methoxy groups -OCH3 is 1. The molecule has 3 rings (SSSR count). The standard InChI is InChI=1S/C21H24N2O4S2/c1-14-5-8-18(9-6-14)29(25,26)23(3)17-7-10-19-16(11-17)12-20(28-19)21(24)22-15(2)13-27-4/h5-12,15H,13H2,1-4H3,(H,22,24)/t15-/m1/s1. The van der Waals surface area contributed by atoms with Crippen LogP contribution in [0.4, 0.5) is 5.69 Å². The van der Waals surface area contributed by atoms with Gasteiger partial charge in [-0.15, -0.1) is 11.3 Å². The Labute approximate surface area is 175 Å². The molecule has 2 aromatic carbocycles. The van der Waals surface area contributed by atoms with Crippen molar-refractivity contribution >= 4 is 43.0 Å². The summed E-state index contributed by atoms with van der Waals surface area (Å²) < 4.78 is 33.1. The van der Waals surface area contributed by atoms with E-state index in [1.54, 1.807) is 49.6 Å². The van der Waals surface area contributed by atoms with Crippen molar-refractivity contribution < 1.29 is 17.9 Å². The van der Waals surface area contributed by atoms with E-state index < -0.39 is 10.0 Å². The van der Waals surface area contributed by atoms with Gasteiger partial charge in [0, 0.05) is 24.9 Å². The fourth-order valence-electron chi connectivity index (χ4n) is 2.93. The van der Waals surface area contributed by atoms with Gasteiger partial charge in [0.05, 0.1) is 22.1 Å². The van der Waals surface area contributed by atoms with E-state index in [0.29, 0.717) is 17.2 Å². The van der Waals surface area contributed by atoms with Crippen molar-refractivity contribution in [3.8, 4) is 0 Å². The van der Waals surface area contributed by atoms with Crippen LogP contribution in [0.25, 0.3) is 10.1 Å². The minimum absolute atomic E-state index is 0.0981. The number of fused-ring (bicyclic) bond motifs is 1. The number of rotatable bonds is 7. The molecule has 1 aromatic heterocycles. The molecule has 0 aliphatic carbocycles. The quantitative estimate of drug-likeness (QED) is 0.616. The lowest BCUT2D eigenvalue weighted by Gasteiger charge is -2.19. The number of sulfonamides is 1. The third-order valence-corrected chi connectivity index (χ3v) is 7.48. The number of nitrogens with one attached hydrogen (secondary N) is 1. The second kappa shape index (κ2) is 8.52. The second-order valence-electron chi connectivity index (χ2n) is 6.95. The van der Waals surface area contributed by atoms with Crippen molar-refractivity contribution in [3.05, 3.63) is 59.0 Å². The number of aryl methyl sites for hydroxylation is 1. The van der Waals surface area contributed by atoms with Gasteiger partial charge in [0.15, 0.2) is 0 Å². The number of anilines is 1. The molecule has 0 fully saturated rings. The Morgan fingerprint density at radius 1 is 1.17 bits per heavy atom. The van der Waals surface area contributed by atoms with Crippen LogP contribution in [0.5, 0.6) is 0 Å². The van der Waals surface area contributed by atoms with Crippen LogP contribution in [0.2, 0.25) is 0 Å².